The summed E-state index contributed by atoms with van der Waals surface area (Å²) in [5.41, 5.74) is 0. The second kappa shape index (κ2) is 11.0. The van der Waals surface area contributed by atoms with Crippen LogP contribution in [0.5, 0.6) is 0 Å². The maximum atomic E-state index is 11.1. The highest BCUT2D eigenvalue weighted by Gasteiger charge is 2.21. The molecule has 18 heavy (non-hydrogen) atoms. The molecule has 0 aliphatic heterocycles. The summed E-state index contributed by atoms with van der Waals surface area (Å²) in [5, 5.41) is 9.14. The van der Waals surface area contributed by atoms with Crippen molar-refractivity contribution in [3.63, 3.8) is 0 Å². The van der Waals surface area contributed by atoms with E-state index in [0.717, 1.165) is 0 Å². The van der Waals surface area contributed by atoms with Gasteiger partial charge in [0, 0.05) is 40.8 Å². The Morgan fingerprint density at radius 1 is 0.944 bits per heavy atom. The van der Waals surface area contributed by atoms with Gasteiger partial charge in [-0.2, -0.15) is 0 Å². The Kier molecular flexibility index (Phi) is 11.1. The highest BCUT2D eigenvalue weighted by Crippen LogP contribution is 2.40. The highest BCUT2D eigenvalue weighted by molar-refractivity contribution is 7.47. The fourth-order valence-corrected chi connectivity index (χ4v) is 3.50. The van der Waals surface area contributed by atoms with Crippen LogP contribution in [0.15, 0.2) is 0 Å². The molecule has 0 aromatic carbocycles. The summed E-state index contributed by atoms with van der Waals surface area (Å²) in [4.78, 5) is 11.1. The van der Waals surface area contributed by atoms with E-state index in [1.165, 1.54) is 0 Å². The normalized spacial score (nSPS) is 11.7. The molecule has 0 saturated carbocycles. The van der Waals surface area contributed by atoms with E-state index < -0.39 is 28.6 Å². The molecule has 0 radical (unpaired) electrons. The minimum Gasteiger partial charge on any atom is -0.481 e. The smallest absolute Gasteiger partial charge is 0.306 e. The monoisotopic (exact) mass is 300 g/mol. The second-order valence-electron chi connectivity index (χ2n) is 3.46. The Balaban J connectivity index is 4.10. The SMILES string of the molecule is COP(CCC(CCP(OC)OC)C(=O)O)OC. The summed E-state index contributed by atoms with van der Waals surface area (Å²) in [7, 11) is 4.34. The molecule has 0 saturated heterocycles. The van der Waals surface area contributed by atoms with E-state index in [2.05, 4.69) is 0 Å². The van der Waals surface area contributed by atoms with E-state index in [9.17, 15) is 4.79 Å². The van der Waals surface area contributed by atoms with E-state index in [1.54, 1.807) is 28.4 Å². The summed E-state index contributed by atoms with van der Waals surface area (Å²) in [6.07, 6.45) is 2.33. The minimum absolute atomic E-state index is 0.407. The zero-order valence-corrected chi connectivity index (χ0v) is 13.1. The molecule has 1 N–H and O–H groups in total. The number of carboxylic acid groups (broad SMARTS) is 1. The highest BCUT2D eigenvalue weighted by atomic mass is 31.2. The summed E-state index contributed by atoms with van der Waals surface area (Å²) in [5.74, 6) is -1.20. The predicted molar refractivity (Wildman–Crippen MR) is 72.0 cm³/mol. The van der Waals surface area contributed by atoms with Crippen LogP contribution in [0.4, 0.5) is 0 Å². The zero-order valence-electron chi connectivity index (χ0n) is 11.3. The fraction of sp³-hybridized carbons (Fsp3) is 0.900. The van der Waals surface area contributed by atoms with Crippen LogP contribution in [-0.2, 0) is 22.9 Å². The molecule has 8 heteroatoms. The Morgan fingerprint density at radius 3 is 1.50 bits per heavy atom. The molecule has 0 aromatic rings. The van der Waals surface area contributed by atoms with Crippen molar-refractivity contribution >= 4 is 22.7 Å². The van der Waals surface area contributed by atoms with Gasteiger partial charge >= 0.3 is 5.97 Å². The van der Waals surface area contributed by atoms with Gasteiger partial charge in [0.2, 0.25) is 0 Å². The van der Waals surface area contributed by atoms with Crippen molar-refractivity contribution in [3.05, 3.63) is 0 Å². The van der Waals surface area contributed by atoms with Gasteiger partial charge in [-0.25, -0.2) is 0 Å². The predicted octanol–water partition coefficient (Wildman–Crippen LogP) is 2.68. The van der Waals surface area contributed by atoms with Crippen LogP contribution in [0.3, 0.4) is 0 Å². The Morgan fingerprint density at radius 2 is 1.28 bits per heavy atom. The van der Waals surface area contributed by atoms with Crippen molar-refractivity contribution in [2.75, 3.05) is 40.8 Å². The third-order valence-corrected chi connectivity index (χ3v) is 5.36. The maximum absolute atomic E-state index is 11.1. The molecule has 0 aliphatic rings. The van der Waals surface area contributed by atoms with Crippen LogP contribution in [0.2, 0.25) is 0 Å². The van der Waals surface area contributed by atoms with E-state index in [0.29, 0.717) is 25.2 Å². The lowest BCUT2D eigenvalue weighted by Crippen LogP contribution is -2.16. The van der Waals surface area contributed by atoms with Crippen molar-refractivity contribution in [2.24, 2.45) is 5.92 Å². The molecule has 0 heterocycles. The number of hydrogen-bond acceptors (Lipinski definition) is 5. The lowest BCUT2D eigenvalue weighted by Gasteiger charge is -2.18. The van der Waals surface area contributed by atoms with Crippen LogP contribution in [0.1, 0.15) is 12.8 Å². The summed E-state index contributed by atoms with van der Waals surface area (Å²) >= 11 is 0. The third-order valence-electron chi connectivity index (χ3n) is 2.48. The fourth-order valence-electron chi connectivity index (χ4n) is 1.43. The molecule has 0 unspecified atom stereocenters. The number of carboxylic acids is 1. The molecule has 0 bridgehead atoms. The molecule has 0 aliphatic carbocycles. The molecule has 6 nitrogen and oxygen atoms in total. The average molecular weight is 300 g/mol. The first-order chi connectivity index (χ1) is 8.58. The standard InChI is InChI=1S/C10H22O6P2/c1-13-17(14-2)7-5-9(10(11)12)6-8-18(15-3)16-4/h9H,5-8H2,1-4H3,(H,11,12). The average Bonchev–Trinajstić information content (AvgIpc) is 2.37. The molecule has 0 spiro atoms. The summed E-state index contributed by atoms with van der Waals surface area (Å²) in [6, 6.07) is 0. The van der Waals surface area contributed by atoms with E-state index in [-0.39, 0.29) is 0 Å². The number of hydrogen-bond donors (Lipinski definition) is 1. The van der Waals surface area contributed by atoms with Crippen LogP contribution < -0.4 is 0 Å². The topological polar surface area (TPSA) is 74.2 Å². The van der Waals surface area contributed by atoms with Crippen molar-refractivity contribution in [1.82, 2.24) is 0 Å². The Hall–Kier alpha value is 0.170. The van der Waals surface area contributed by atoms with E-state index in [1.807, 2.05) is 0 Å². The van der Waals surface area contributed by atoms with Crippen molar-refractivity contribution in [2.45, 2.75) is 12.8 Å². The van der Waals surface area contributed by atoms with Gasteiger partial charge in [0.25, 0.3) is 0 Å². The number of aliphatic carboxylic acids is 1. The minimum atomic E-state index is -0.967. The van der Waals surface area contributed by atoms with Crippen LogP contribution in [0.25, 0.3) is 0 Å². The first-order valence-electron chi connectivity index (χ1n) is 5.53. The Labute approximate surface area is 111 Å². The van der Waals surface area contributed by atoms with Gasteiger partial charge < -0.3 is 23.2 Å². The van der Waals surface area contributed by atoms with Gasteiger partial charge in [-0.15, -0.1) is 0 Å². The van der Waals surface area contributed by atoms with Crippen LogP contribution in [0, 0.1) is 5.92 Å². The molecule has 108 valence electrons. The van der Waals surface area contributed by atoms with Crippen molar-refractivity contribution in [1.29, 1.82) is 0 Å². The van der Waals surface area contributed by atoms with Gasteiger partial charge in [-0.3, -0.25) is 4.79 Å². The summed E-state index contributed by atoms with van der Waals surface area (Å²) in [6.45, 7) is 0. The van der Waals surface area contributed by atoms with Crippen LogP contribution in [-0.4, -0.2) is 51.8 Å². The van der Waals surface area contributed by atoms with Crippen LogP contribution >= 0.6 is 16.8 Å². The van der Waals surface area contributed by atoms with Gasteiger partial charge in [0.05, 0.1) is 5.92 Å². The molecule has 0 amide bonds. The Bertz CT molecular complexity index is 204. The molecule has 0 rings (SSSR count). The summed E-state index contributed by atoms with van der Waals surface area (Å²) < 4.78 is 20.4. The second-order valence-corrected chi connectivity index (χ2v) is 7.14. The van der Waals surface area contributed by atoms with E-state index in [4.69, 9.17) is 23.2 Å². The van der Waals surface area contributed by atoms with Gasteiger partial charge in [0.15, 0.2) is 16.8 Å². The molecule has 0 aromatic heterocycles. The molecular weight excluding hydrogens is 278 g/mol. The number of rotatable bonds is 11. The quantitative estimate of drug-likeness (QED) is 0.591. The lowest BCUT2D eigenvalue weighted by atomic mass is 10.0. The molecular formula is C10H22O6P2. The van der Waals surface area contributed by atoms with Gasteiger partial charge in [0.1, 0.15) is 0 Å². The van der Waals surface area contributed by atoms with Crippen molar-refractivity contribution in [3.8, 4) is 0 Å². The first kappa shape index (κ1) is 18.2. The largest absolute Gasteiger partial charge is 0.481 e. The third kappa shape index (κ3) is 7.57. The van der Waals surface area contributed by atoms with E-state index >= 15 is 0 Å². The molecule has 0 atom stereocenters. The number of carbonyl (C=O) groups is 1. The van der Waals surface area contributed by atoms with Gasteiger partial charge in [-0.05, 0) is 12.8 Å². The zero-order chi connectivity index (χ0) is 14.0. The van der Waals surface area contributed by atoms with Gasteiger partial charge in [-0.1, -0.05) is 0 Å². The maximum Gasteiger partial charge on any atom is 0.306 e. The lowest BCUT2D eigenvalue weighted by molar-refractivity contribution is -0.141. The molecule has 0 fully saturated rings. The van der Waals surface area contributed by atoms with Crippen molar-refractivity contribution < 1.29 is 28.0 Å². The first-order valence-corrected chi connectivity index (χ1v) is 8.25.